The fraction of sp³-hybridized carbons (Fsp3) is 0.385. The highest BCUT2D eigenvalue weighted by Gasteiger charge is 2.27. The Hall–Kier alpha value is -2.54. The minimum Gasteiger partial charge on any atom is -0.489 e. The second kappa shape index (κ2) is 9.98. The van der Waals surface area contributed by atoms with Crippen LogP contribution in [0.5, 0.6) is 5.75 Å². The molecule has 34 heavy (non-hydrogen) atoms. The molecule has 2 aliphatic rings. The topological polar surface area (TPSA) is 71.8 Å². The number of carbonyl (C=O) groups excluding carboxylic acids is 2. The number of ether oxygens (including phenoxy) is 1. The van der Waals surface area contributed by atoms with E-state index in [1.807, 2.05) is 18.2 Å². The van der Waals surface area contributed by atoms with Gasteiger partial charge in [-0.15, -0.1) is 0 Å². The van der Waals surface area contributed by atoms with Gasteiger partial charge in [-0.1, -0.05) is 29.3 Å². The van der Waals surface area contributed by atoms with Crippen LogP contribution < -0.4 is 10.1 Å². The van der Waals surface area contributed by atoms with E-state index in [2.05, 4.69) is 10.2 Å². The summed E-state index contributed by atoms with van der Waals surface area (Å²) in [5.41, 5.74) is 1.49. The number of benzene rings is 2. The Balaban J connectivity index is 1.29. The van der Waals surface area contributed by atoms with Gasteiger partial charge < -0.3 is 19.4 Å². The van der Waals surface area contributed by atoms with Crippen LogP contribution in [0.1, 0.15) is 41.8 Å². The number of amides is 1. The molecule has 2 heterocycles. The van der Waals surface area contributed by atoms with Gasteiger partial charge in [0, 0.05) is 23.0 Å². The van der Waals surface area contributed by atoms with Gasteiger partial charge in [-0.25, -0.2) is 0 Å². The third-order valence-electron chi connectivity index (χ3n) is 6.22. The lowest BCUT2D eigenvalue weighted by atomic mass is 10.0. The molecule has 1 atom stereocenters. The number of fused-ring (bicyclic) bond motifs is 1. The van der Waals surface area contributed by atoms with Gasteiger partial charge in [0.2, 0.25) is 0 Å². The normalized spacial score (nSPS) is 17.1. The van der Waals surface area contributed by atoms with Crippen molar-refractivity contribution in [3.05, 3.63) is 63.8 Å². The molecule has 6 nitrogen and oxygen atoms in total. The molecule has 0 unspecified atom stereocenters. The third-order valence-corrected chi connectivity index (χ3v) is 6.75. The Labute approximate surface area is 208 Å². The van der Waals surface area contributed by atoms with Crippen molar-refractivity contribution in [3.8, 4) is 5.75 Å². The summed E-state index contributed by atoms with van der Waals surface area (Å²) >= 11 is 12.5. The van der Waals surface area contributed by atoms with Crippen molar-refractivity contribution in [1.29, 1.82) is 0 Å². The zero-order valence-corrected chi connectivity index (χ0v) is 20.2. The molecule has 8 heteroatoms. The Morgan fingerprint density at radius 2 is 1.88 bits per heavy atom. The fourth-order valence-electron chi connectivity index (χ4n) is 4.34. The monoisotopic (exact) mass is 500 g/mol. The van der Waals surface area contributed by atoms with Crippen LogP contribution in [-0.4, -0.2) is 48.4 Å². The maximum Gasteiger partial charge on any atom is 0.296 e. The van der Waals surface area contributed by atoms with Crippen LogP contribution in [0, 0.1) is 0 Å². The molecule has 1 aliphatic heterocycles. The summed E-state index contributed by atoms with van der Waals surface area (Å²) in [6.45, 7) is 2.63. The zero-order valence-electron chi connectivity index (χ0n) is 18.7. The lowest BCUT2D eigenvalue weighted by molar-refractivity contribution is -0.117. The van der Waals surface area contributed by atoms with Crippen LogP contribution in [0.25, 0.3) is 11.0 Å². The van der Waals surface area contributed by atoms with E-state index in [-0.39, 0.29) is 17.9 Å². The van der Waals surface area contributed by atoms with E-state index in [9.17, 15) is 9.59 Å². The van der Waals surface area contributed by atoms with Crippen molar-refractivity contribution in [3.63, 3.8) is 0 Å². The van der Waals surface area contributed by atoms with E-state index < -0.39 is 11.7 Å². The van der Waals surface area contributed by atoms with Gasteiger partial charge >= 0.3 is 0 Å². The maximum atomic E-state index is 12.9. The molecule has 1 amide bonds. The molecule has 1 saturated carbocycles. The molecule has 0 radical (unpaired) electrons. The van der Waals surface area contributed by atoms with Crippen LogP contribution in [0.3, 0.4) is 0 Å². The van der Waals surface area contributed by atoms with Gasteiger partial charge in [-0.2, -0.15) is 0 Å². The Morgan fingerprint density at radius 3 is 2.62 bits per heavy atom. The predicted octanol–water partition coefficient (Wildman–Crippen LogP) is 5.29. The van der Waals surface area contributed by atoms with E-state index in [4.69, 9.17) is 32.4 Å². The standard InChI is InChI=1S/C26H26Cl2N2O4/c27-18-4-8-22-17(13-18)14-24(34-22)25(31)26(32)29-19(15-30-9-1-2-10-30)11-16-3-7-23(21(28)12-16)33-20-5-6-20/h3-4,7-8,12-14,19-20H,1-2,5-6,9-11,15H2,(H,29,32)/t19-/m0/s1. The quantitative estimate of drug-likeness (QED) is 0.319. The molecule has 1 N–H and O–H groups in total. The van der Waals surface area contributed by atoms with Crippen LogP contribution in [0.2, 0.25) is 10.0 Å². The summed E-state index contributed by atoms with van der Waals surface area (Å²) in [7, 11) is 0. The number of furan rings is 1. The maximum absolute atomic E-state index is 12.9. The summed E-state index contributed by atoms with van der Waals surface area (Å²) in [6, 6.07) is 12.1. The smallest absolute Gasteiger partial charge is 0.296 e. The molecule has 1 aliphatic carbocycles. The minimum atomic E-state index is -0.704. The lowest BCUT2D eigenvalue weighted by Crippen LogP contribution is -2.46. The number of nitrogens with one attached hydrogen (secondary N) is 1. The van der Waals surface area contributed by atoms with E-state index in [1.165, 1.54) is 0 Å². The average Bonchev–Trinajstić information content (AvgIpc) is 3.29. The number of hydrogen-bond donors (Lipinski definition) is 1. The number of hydrogen-bond acceptors (Lipinski definition) is 5. The van der Waals surface area contributed by atoms with Gasteiger partial charge in [-0.3, -0.25) is 9.59 Å². The zero-order chi connectivity index (χ0) is 23.7. The lowest BCUT2D eigenvalue weighted by Gasteiger charge is -2.24. The predicted molar refractivity (Wildman–Crippen MR) is 132 cm³/mol. The van der Waals surface area contributed by atoms with E-state index in [1.54, 1.807) is 24.3 Å². The molecule has 2 fully saturated rings. The number of likely N-dealkylation sites (tertiary alicyclic amines) is 1. The summed E-state index contributed by atoms with van der Waals surface area (Å²) < 4.78 is 11.4. The first-order chi connectivity index (χ1) is 16.4. The molecule has 3 aromatic rings. The average molecular weight is 501 g/mol. The van der Waals surface area contributed by atoms with Crippen molar-refractivity contribution in [2.75, 3.05) is 19.6 Å². The molecular formula is C26H26Cl2N2O4. The summed E-state index contributed by atoms with van der Waals surface area (Å²) in [4.78, 5) is 28.1. The first-order valence-electron chi connectivity index (χ1n) is 11.7. The van der Waals surface area contributed by atoms with Gasteiger partial charge in [0.25, 0.3) is 11.7 Å². The molecule has 2 aromatic carbocycles. The number of carbonyl (C=O) groups is 2. The SMILES string of the molecule is O=C(N[C@@H](Cc1ccc(OC2CC2)c(Cl)c1)CN1CCCC1)C(=O)c1cc2cc(Cl)ccc2o1. The molecule has 1 saturated heterocycles. The van der Waals surface area contributed by atoms with E-state index >= 15 is 0 Å². The van der Waals surface area contributed by atoms with Gasteiger partial charge in [-0.05, 0) is 87.2 Å². The second-order valence-corrected chi connectivity index (χ2v) is 9.93. The summed E-state index contributed by atoms with van der Waals surface area (Å²) in [6.07, 6.45) is 5.23. The summed E-state index contributed by atoms with van der Waals surface area (Å²) in [5, 5.41) is 4.71. The largest absolute Gasteiger partial charge is 0.489 e. The number of ketones is 1. The van der Waals surface area contributed by atoms with Crippen molar-refractivity contribution in [1.82, 2.24) is 10.2 Å². The Bertz CT molecular complexity index is 1210. The molecule has 0 bridgehead atoms. The van der Waals surface area contributed by atoms with Gasteiger partial charge in [0.05, 0.1) is 11.1 Å². The number of rotatable bonds is 9. The highest BCUT2D eigenvalue weighted by Crippen LogP contribution is 2.32. The second-order valence-electron chi connectivity index (χ2n) is 9.09. The van der Waals surface area contributed by atoms with Gasteiger partial charge in [0.15, 0.2) is 5.76 Å². The van der Waals surface area contributed by atoms with Crippen molar-refractivity contribution < 1.29 is 18.7 Å². The van der Waals surface area contributed by atoms with E-state index in [0.717, 1.165) is 44.3 Å². The minimum absolute atomic E-state index is 0.000638. The molecule has 0 spiro atoms. The van der Waals surface area contributed by atoms with Crippen molar-refractivity contribution >= 4 is 45.9 Å². The molecule has 5 rings (SSSR count). The van der Waals surface area contributed by atoms with Crippen LogP contribution in [0.4, 0.5) is 0 Å². The number of Topliss-reactive ketones (excluding diaryl/α,β-unsaturated/α-hetero) is 1. The highest BCUT2D eigenvalue weighted by atomic mass is 35.5. The van der Waals surface area contributed by atoms with Crippen LogP contribution >= 0.6 is 23.2 Å². The Morgan fingerprint density at radius 1 is 1.09 bits per heavy atom. The van der Waals surface area contributed by atoms with Crippen LogP contribution in [0.15, 0.2) is 46.9 Å². The third kappa shape index (κ3) is 5.57. The van der Waals surface area contributed by atoms with Gasteiger partial charge in [0.1, 0.15) is 11.3 Å². The molecule has 178 valence electrons. The molecule has 1 aromatic heterocycles. The molecular weight excluding hydrogens is 475 g/mol. The van der Waals surface area contributed by atoms with Crippen molar-refractivity contribution in [2.45, 2.75) is 44.2 Å². The summed E-state index contributed by atoms with van der Waals surface area (Å²) in [5.74, 6) is -0.702. The van der Waals surface area contributed by atoms with Crippen molar-refractivity contribution in [2.24, 2.45) is 0 Å². The first-order valence-corrected chi connectivity index (χ1v) is 12.4. The first kappa shape index (κ1) is 23.2. The fourth-order valence-corrected chi connectivity index (χ4v) is 4.77. The highest BCUT2D eigenvalue weighted by molar-refractivity contribution is 6.42. The van der Waals surface area contributed by atoms with E-state index in [0.29, 0.717) is 39.7 Å². The number of halogens is 2. The Kier molecular flexibility index (Phi) is 6.82. The number of nitrogens with zero attached hydrogens (tertiary/aromatic N) is 1. The van der Waals surface area contributed by atoms with Crippen LogP contribution in [-0.2, 0) is 11.2 Å².